The van der Waals surface area contributed by atoms with Crippen molar-refractivity contribution in [1.29, 1.82) is 0 Å². The van der Waals surface area contributed by atoms with Gasteiger partial charge in [-0.25, -0.2) is 0 Å². The lowest BCUT2D eigenvalue weighted by atomic mass is 9.81. The van der Waals surface area contributed by atoms with Gasteiger partial charge in [0.05, 0.1) is 5.41 Å². The zero-order chi connectivity index (χ0) is 15.3. The molecule has 4 fully saturated rings. The first-order valence-corrected chi connectivity index (χ1v) is 9.14. The summed E-state index contributed by atoms with van der Waals surface area (Å²) in [7, 11) is 0. The molecular formula is C18H27NO3. The van der Waals surface area contributed by atoms with Gasteiger partial charge in [0.15, 0.2) is 0 Å². The summed E-state index contributed by atoms with van der Waals surface area (Å²) >= 11 is 0. The Morgan fingerprint density at radius 1 is 1.05 bits per heavy atom. The summed E-state index contributed by atoms with van der Waals surface area (Å²) in [4.78, 5) is 26.4. The van der Waals surface area contributed by atoms with E-state index in [-0.39, 0.29) is 17.7 Å². The molecule has 0 aromatic heterocycles. The van der Waals surface area contributed by atoms with Crippen LogP contribution in [0.3, 0.4) is 0 Å². The Balaban J connectivity index is 1.40. The van der Waals surface area contributed by atoms with Crippen LogP contribution in [0, 0.1) is 29.1 Å². The normalized spacial score (nSPS) is 41.5. The summed E-state index contributed by atoms with van der Waals surface area (Å²) in [5.41, 5.74) is -0.620. The maximum atomic E-state index is 12.8. The standard InChI is InChI=1S/C18H27NO3/c20-16(15-9-14(15)12-5-2-1-3-6-12)19-10-13-7-4-8-18(13,11-19)17(21)22/h12-15H,1-11H2,(H,21,22)/t13-,14?,15?,18+/m0/s1. The van der Waals surface area contributed by atoms with Crippen molar-refractivity contribution in [2.75, 3.05) is 13.1 Å². The van der Waals surface area contributed by atoms with E-state index < -0.39 is 11.4 Å². The molecule has 0 bridgehead atoms. The molecule has 4 nitrogen and oxygen atoms in total. The minimum absolute atomic E-state index is 0.195. The van der Waals surface area contributed by atoms with Crippen molar-refractivity contribution in [2.24, 2.45) is 29.1 Å². The molecule has 2 unspecified atom stereocenters. The number of carboxylic acids is 1. The van der Waals surface area contributed by atoms with E-state index in [0.717, 1.165) is 31.6 Å². The molecule has 0 aromatic carbocycles. The van der Waals surface area contributed by atoms with Gasteiger partial charge in [0.2, 0.25) is 5.91 Å². The van der Waals surface area contributed by atoms with E-state index in [1.165, 1.54) is 32.1 Å². The van der Waals surface area contributed by atoms with E-state index in [2.05, 4.69) is 0 Å². The Bertz CT molecular complexity index is 485. The van der Waals surface area contributed by atoms with Crippen molar-refractivity contribution >= 4 is 11.9 Å². The predicted octanol–water partition coefficient (Wildman–Crippen LogP) is 2.92. The average molecular weight is 305 g/mol. The summed E-state index contributed by atoms with van der Waals surface area (Å²) in [6, 6.07) is 0. The lowest BCUT2D eigenvalue weighted by Crippen LogP contribution is -2.38. The predicted molar refractivity (Wildman–Crippen MR) is 82.2 cm³/mol. The van der Waals surface area contributed by atoms with Crippen LogP contribution in [0.4, 0.5) is 0 Å². The lowest BCUT2D eigenvalue weighted by Gasteiger charge is -2.24. The third-order valence-electron chi connectivity index (χ3n) is 7.02. The Kier molecular flexibility index (Phi) is 3.46. The molecule has 4 heteroatoms. The molecule has 0 aromatic rings. The zero-order valence-corrected chi connectivity index (χ0v) is 13.3. The highest BCUT2D eigenvalue weighted by Crippen LogP contribution is 2.53. The first kappa shape index (κ1) is 14.5. The third kappa shape index (κ3) is 2.17. The van der Waals surface area contributed by atoms with Crippen molar-refractivity contribution in [1.82, 2.24) is 4.90 Å². The SMILES string of the molecule is O=C(C1CC1C1CCCCC1)N1C[C@@H]2CCC[C@@]2(C(=O)O)C1. The van der Waals surface area contributed by atoms with Crippen molar-refractivity contribution in [3.05, 3.63) is 0 Å². The van der Waals surface area contributed by atoms with Crippen LogP contribution in [0.15, 0.2) is 0 Å². The fourth-order valence-electron chi connectivity index (χ4n) is 5.62. The van der Waals surface area contributed by atoms with Crippen LogP contribution >= 0.6 is 0 Å². The molecule has 3 aliphatic carbocycles. The van der Waals surface area contributed by atoms with Crippen molar-refractivity contribution in [3.8, 4) is 0 Å². The number of rotatable bonds is 3. The summed E-state index contributed by atoms with van der Waals surface area (Å²) in [6.07, 6.45) is 10.4. The monoisotopic (exact) mass is 305 g/mol. The van der Waals surface area contributed by atoms with Crippen molar-refractivity contribution < 1.29 is 14.7 Å². The minimum atomic E-state index is -0.676. The molecule has 0 radical (unpaired) electrons. The zero-order valence-electron chi connectivity index (χ0n) is 13.3. The van der Waals surface area contributed by atoms with Gasteiger partial charge in [0, 0.05) is 19.0 Å². The maximum absolute atomic E-state index is 12.8. The molecule has 4 rings (SSSR count). The summed E-state index contributed by atoms with van der Waals surface area (Å²) in [5, 5.41) is 9.65. The number of hydrogen-bond acceptors (Lipinski definition) is 2. The summed E-state index contributed by atoms with van der Waals surface area (Å²) in [5.74, 6) is 1.37. The third-order valence-corrected chi connectivity index (χ3v) is 7.02. The number of carbonyl (C=O) groups is 2. The minimum Gasteiger partial charge on any atom is -0.481 e. The van der Waals surface area contributed by atoms with Crippen molar-refractivity contribution in [2.45, 2.75) is 57.8 Å². The first-order chi connectivity index (χ1) is 10.6. The van der Waals surface area contributed by atoms with E-state index in [0.29, 0.717) is 19.0 Å². The first-order valence-electron chi connectivity index (χ1n) is 9.14. The number of fused-ring (bicyclic) bond motifs is 1. The van der Waals surface area contributed by atoms with Gasteiger partial charge in [-0.3, -0.25) is 9.59 Å². The van der Waals surface area contributed by atoms with Crippen LogP contribution in [-0.2, 0) is 9.59 Å². The molecule has 1 heterocycles. The fourth-order valence-corrected chi connectivity index (χ4v) is 5.62. The second-order valence-electron chi connectivity index (χ2n) is 8.17. The van der Waals surface area contributed by atoms with E-state index in [1.54, 1.807) is 0 Å². The highest BCUT2D eigenvalue weighted by Gasteiger charge is 2.58. The molecule has 122 valence electrons. The van der Waals surface area contributed by atoms with Crippen LogP contribution in [0.2, 0.25) is 0 Å². The van der Waals surface area contributed by atoms with E-state index in [1.807, 2.05) is 4.90 Å². The van der Waals surface area contributed by atoms with Crippen LogP contribution in [0.25, 0.3) is 0 Å². The highest BCUT2D eigenvalue weighted by atomic mass is 16.4. The number of amides is 1. The van der Waals surface area contributed by atoms with Gasteiger partial charge >= 0.3 is 5.97 Å². The largest absolute Gasteiger partial charge is 0.481 e. The Hall–Kier alpha value is -1.06. The molecule has 4 aliphatic rings. The molecule has 4 atom stereocenters. The van der Waals surface area contributed by atoms with Gasteiger partial charge in [-0.2, -0.15) is 0 Å². The molecule has 1 N–H and O–H groups in total. The average Bonchev–Trinajstić information content (AvgIpc) is 3.07. The number of carboxylic acid groups (broad SMARTS) is 1. The molecule has 1 aliphatic heterocycles. The highest BCUT2D eigenvalue weighted by molar-refractivity contribution is 5.84. The number of carbonyl (C=O) groups excluding carboxylic acids is 1. The van der Waals surface area contributed by atoms with Gasteiger partial charge in [-0.15, -0.1) is 0 Å². The van der Waals surface area contributed by atoms with Crippen LogP contribution in [-0.4, -0.2) is 35.0 Å². The second-order valence-corrected chi connectivity index (χ2v) is 8.17. The Morgan fingerprint density at radius 3 is 2.50 bits per heavy atom. The smallest absolute Gasteiger partial charge is 0.311 e. The molecule has 22 heavy (non-hydrogen) atoms. The number of likely N-dealkylation sites (tertiary alicyclic amines) is 1. The Morgan fingerprint density at radius 2 is 1.82 bits per heavy atom. The van der Waals surface area contributed by atoms with E-state index in [4.69, 9.17) is 0 Å². The van der Waals surface area contributed by atoms with Crippen LogP contribution in [0.5, 0.6) is 0 Å². The van der Waals surface area contributed by atoms with Gasteiger partial charge < -0.3 is 10.0 Å². The summed E-state index contributed by atoms with van der Waals surface area (Å²) < 4.78 is 0. The molecule has 1 saturated heterocycles. The lowest BCUT2D eigenvalue weighted by molar-refractivity contribution is -0.149. The van der Waals surface area contributed by atoms with Gasteiger partial charge in [0.25, 0.3) is 0 Å². The molecular weight excluding hydrogens is 278 g/mol. The number of nitrogens with zero attached hydrogens (tertiary/aromatic N) is 1. The molecule has 1 amide bonds. The topological polar surface area (TPSA) is 57.6 Å². The van der Waals surface area contributed by atoms with Gasteiger partial charge in [-0.1, -0.05) is 38.5 Å². The van der Waals surface area contributed by atoms with E-state index >= 15 is 0 Å². The van der Waals surface area contributed by atoms with Gasteiger partial charge in [0.1, 0.15) is 0 Å². The molecule has 3 saturated carbocycles. The fraction of sp³-hybridized carbons (Fsp3) is 0.889. The van der Waals surface area contributed by atoms with E-state index in [9.17, 15) is 14.7 Å². The molecule has 0 spiro atoms. The number of aliphatic carboxylic acids is 1. The van der Waals surface area contributed by atoms with Gasteiger partial charge in [-0.05, 0) is 37.0 Å². The van der Waals surface area contributed by atoms with Crippen LogP contribution < -0.4 is 0 Å². The van der Waals surface area contributed by atoms with Crippen molar-refractivity contribution in [3.63, 3.8) is 0 Å². The second kappa shape index (κ2) is 5.24. The Labute approximate surface area is 132 Å². The quantitative estimate of drug-likeness (QED) is 0.872. The maximum Gasteiger partial charge on any atom is 0.311 e. The number of hydrogen-bond donors (Lipinski definition) is 1. The van der Waals surface area contributed by atoms with Crippen LogP contribution in [0.1, 0.15) is 57.8 Å². The summed E-state index contributed by atoms with van der Waals surface area (Å²) in [6.45, 7) is 1.17.